The second-order valence-corrected chi connectivity index (χ2v) is 6.22. The number of aromatic carboxylic acids is 1. The highest BCUT2D eigenvalue weighted by Crippen LogP contribution is 2.36. The molecular weight excluding hydrogens is 284 g/mol. The average Bonchev–Trinajstić information content (AvgIpc) is 3.14. The monoisotopic (exact) mass is 302 g/mol. The van der Waals surface area contributed by atoms with Crippen molar-refractivity contribution in [3.63, 3.8) is 0 Å². The second-order valence-electron chi connectivity index (χ2n) is 5.24. The van der Waals surface area contributed by atoms with Gasteiger partial charge >= 0.3 is 5.97 Å². The predicted octanol–water partition coefficient (Wildman–Crippen LogP) is 3.89. The van der Waals surface area contributed by atoms with Gasteiger partial charge in [0.15, 0.2) is 5.13 Å². The molecule has 1 aromatic heterocycles. The van der Waals surface area contributed by atoms with Crippen molar-refractivity contribution in [1.29, 1.82) is 0 Å². The van der Waals surface area contributed by atoms with Gasteiger partial charge in [-0.25, -0.2) is 9.78 Å². The SMILES string of the molecule is CCC1CCCN1c1nc(-c2ccccc2)c(C(=O)O)s1. The van der Waals surface area contributed by atoms with E-state index in [0.29, 0.717) is 16.6 Å². The van der Waals surface area contributed by atoms with Crippen molar-refractivity contribution in [3.05, 3.63) is 35.2 Å². The minimum absolute atomic E-state index is 0.331. The van der Waals surface area contributed by atoms with E-state index < -0.39 is 5.97 Å². The molecule has 2 heterocycles. The number of nitrogens with zero attached hydrogens (tertiary/aromatic N) is 2. The van der Waals surface area contributed by atoms with Crippen LogP contribution in [0.1, 0.15) is 35.9 Å². The molecule has 1 aliphatic rings. The molecule has 3 rings (SSSR count). The van der Waals surface area contributed by atoms with Crippen LogP contribution in [0.5, 0.6) is 0 Å². The van der Waals surface area contributed by atoms with Crippen molar-refractivity contribution in [2.45, 2.75) is 32.2 Å². The summed E-state index contributed by atoms with van der Waals surface area (Å²) in [4.78, 5) is 18.8. The van der Waals surface area contributed by atoms with Gasteiger partial charge in [-0.2, -0.15) is 0 Å². The maximum Gasteiger partial charge on any atom is 0.348 e. The summed E-state index contributed by atoms with van der Waals surface area (Å²) in [5, 5.41) is 10.3. The third-order valence-electron chi connectivity index (χ3n) is 3.95. The van der Waals surface area contributed by atoms with E-state index in [2.05, 4.69) is 16.8 Å². The van der Waals surface area contributed by atoms with Crippen LogP contribution in [0.4, 0.5) is 5.13 Å². The number of hydrogen-bond acceptors (Lipinski definition) is 4. The maximum absolute atomic E-state index is 11.5. The zero-order chi connectivity index (χ0) is 14.8. The number of benzene rings is 1. The quantitative estimate of drug-likeness (QED) is 0.931. The first kappa shape index (κ1) is 14.1. The largest absolute Gasteiger partial charge is 0.477 e. The van der Waals surface area contributed by atoms with Crippen LogP contribution < -0.4 is 4.90 Å². The van der Waals surface area contributed by atoms with E-state index in [9.17, 15) is 9.90 Å². The van der Waals surface area contributed by atoms with E-state index in [1.165, 1.54) is 17.8 Å². The highest BCUT2D eigenvalue weighted by molar-refractivity contribution is 7.17. The Morgan fingerprint density at radius 2 is 2.19 bits per heavy atom. The topological polar surface area (TPSA) is 53.4 Å². The maximum atomic E-state index is 11.5. The fraction of sp³-hybridized carbons (Fsp3) is 0.375. The summed E-state index contributed by atoms with van der Waals surface area (Å²) in [6.45, 7) is 3.14. The molecule has 1 saturated heterocycles. The predicted molar refractivity (Wildman–Crippen MR) is 85.2 cm³/mol. The lowest BCUT2D eigenvalue weighted by molar-refractivity contribution is 0.0702. The Morgan fingerprint density at radius 1 is 1.43 bits per heavy atom. The number of hydrogen-bond donors (Lipinski definition) is 1. The van der Waals surface area contributed by atoms with Crippen LogP contribution in [-0.4, -0.2) is 28.6 Å². The van der Waals surface area contributed by atoms with Gasteiger partial charge in [0.25, 0.3) is 0 Å². The molecule has 0 radical (unpaired) electrons. The molecule has 5 heteroatoms. The molecule has 0 aliphatic carbocycles. The lowest BCUT2D eigenvalue weighted by Crippen LogP contribution is -2.28. The molecule has 0 amide bonds. The standard InChI is InChI=1S/C16H18N2O2S/c1-2-12-9-6-10-18(12)16-17-13(14(21-16)15(19)20)11-7-4-3-5-8-11/h3-5,7-8,12H,2,6,9-10H2,1H3,(H,19,20). The van der Waals surface area contributed by atoms with E-state index in [-0.39, 0.29) is 0 Å². The van der Waals surface area contributed by atoms with Crippen molar-refractivity contribution in [2.75, 3.05) is 11.4 Å². The molecular formula is C16H18N2O2S. The van der Waals surface area contributed by atoms with Gasteiger partial charge in [0.05, 0.1) is 5.69 Å². The molecule has 0 bridgehead atoms. The second kappa shape index (κ2) is 5.85. The Bertz CT molecular complexity index is 639. The fourth-order valence-corrected chi connectivity index (χ4v) is 3.90. The van der Waals surface area contributed by atoms with Crippen LogP contribution in [-0.2, 0) is 0 Å². The first-order valence-electron chi connectivity index (χ1n) is 7.27. The lowest BCUT2D eigenvalue weighted by Gasteiger charge is -2.22. The molecule has 1 aromatic carbocycles. The summed E-state index contributed by atoms with van der Waals surface area (Å²) < 4.78 is 0. The smallest absolute Gasteiger partial charge is 0.348 e. The molecule has 21 heavy (non-hydrogen) atoms. The van der Waals surface area contributed by atoms with Crippen LogP contribution in [0.15, 0.2) is 30.3 Å². The van der Waals surface area contributed by atoms with Crippen molar-refractivity contribution in [2.24, 2.45) is 0 Å². The first-order chi connectivity index (χ1) is 10.2. The van der Waals surface area contributed by atoms with Gasteiger partial charge < -0.3 is 10.0 Å². The Hall–Kier alpha value is -1.88. The van der Waals surface area contributed by atoms with Gasteiger partial charge in [0.2, 0.25) is 0 Å². The third kappa shape index (κ3) is 2.65. The molecule has 1 aliphatic heterocycles. The molecule has 1 N–H and O–H groups in total. The summed E-state index contributed by atoms with van der Waals surface area (Å²) in [5.41, 5.74) is 1.45. The number of carboxylic acid groups (broad SMARTS) is 1. The van der Waals surface area contributed by atoms with Crippen LogP contribution in [0.2, 0.25) is 0 Å². The van der Waals surface area contributed by atoms with Gasteiger partial charge in [-0.1, -0.05) is 48.6 Å². The zero-order valence-corrected chi connectivity index (χ0v) is 12.8. The Morgan fingerprint density at radius 3 is 2.86 bits per heavy atom. The molecule has 2 aromatic rings. The molecule has 0 spiro atoms. The van der Waals surface area contributed by atoms with Crippen LogP contribution >= 0.6 is 11.3 Å². The van der Waals surface area contributed by atoms with E-state index >= 15 is 0 Å². The van der Waals surface area contributed by atoms with Crippen LogP contribution in [0.25, 0.3) is 11.3 Å². The van der Waals surface area contributed by atoms with E-state index in [0.717, 1.165) is 30.1 Å². The van der Waals surface area contributed by atoms with Crippen molar-refractivity contribution >= 4 is 22.4 Å². The normalized spacial score (nSPS) is 18.1. The molecule has 110 valence electrons. The number of carbonyl (C=O) groups is 1. The molecule has 1 fully saturated rings. The molecule has 1 atom stereocenters. The number of aromatic nitrogens is 1. The van der Waals surface area contributed by atoms with Crippen LogP contribution in [0.3, 0.4) is 0 Å². The van der Waals surface area contributed by atoms with Crippen molar-refractivity contribution < 1.29 is 9.90 Å². The Labute approximate surface area is 128 Å². The number of carboxylic acids is 1. The van der Waals surface area contributed by atoms with E-state index in [1.54, 1.807) is 0 Å². The average molecular weight is 302 g/mol. The summed E-state index contributed by atoms with van der Waals surface area (Å²) in [5.74, 6) is -0.898. The summed E-state index contributed by atoms with van der Waals surface area (Å²) in [6, 6.07) is 10.0. The lowest BCUT2D eigenvalue weighted by atomic mass is 10.1. The summed E-state index contributed by atoms with van der Waals surface area (Å²) in [7, 11) is 0. The highest BCUT2D eigenvalue weighted by Gasteiger charge is 2.28. The van der Waals surface area contributed by atoms with Crippen molar-refractivity contribution in [3.8, 4) is 11.3 Å². The molecule has 1 unspecified atom stereocenters. The minimum Gasteiger partial charge on any atom is -0.477 e. The molecule has 4 nitrogen and oxygen atoms in total. The zero-order valence-electron chi connectivity index (χ0n) is 12.0. The van der Waals surface area contributed by atoms with E-state index in [1.807, 2.05) is 30.3 Å². The van der Waals surface area contributed by atoms with Gasteiger partial charge in [-0.3, -0.25) is 0 Å². The number of thiazole rings is 1. The van der Waals surface area contributed by atoms with Gasteiger partial charge in [-0.05, 0) is 19.3 Å². The van der Waals surface area contributed by atoms with Gasteiger partial charge in [-0.15, -0.1) is 0 Å². The van der Waals surface area contributed by atoms with Gasteiger partial charge in [0.1, 0.15) is 4.88 Å². The van der Waals surface area contributed by atoms with Crippen molar-refractivity contribution in [1.82, 2.24) is 4.98 Å². The summed E-state index contributed by atoms with van der Waals surface area (Å²) >= 11 is 1.29. The van der Waals surface area contributed by atoms with E-state index in [4.69, 9.17) is 0 Å². The minimum atomic E-state index is -0.898. The number of anilines is 1. The van der Waals surface area contributed by atoms with Crippen LogP contribution in [0, 0.1) is 0 Å². The Kier molecular flexibility index (Phi) is 3.92. The number of rotatable bonds is 4. The first-order valence-corrected chi connectivity index (χ1v) is 8.08. The third-order valence-corrected chi connectivity index (χ3v) is 5.03. The Balaban J connectivity index is 2.03. The molecule has 0 saturated carbocycles. The van der Waals surface area contributed by atoms with Gasteiger partial charge in [0, 0.05) is 18.2 Å². The summed E-state index contributed by atoms with van der Waals surface area (Å²) in [6.07, 6.45) is 3.39. The highest BCUT2D eigenvalue weighted by atomic mass is 32.1. The fourth-order valence-electron chi connectivity index (χ4n) is 2.88.